The monoisotopic (exact) mass is 268 g/mol. The first-order valence-electron chi connectivity index (χ1n) is 4.79. The number of carbonyl (C=O) groups is 3. The van der Waals surface area contributed by atoms with Crippen molar-refractivity contribution in [1.29, 1.82) is 0 Å². The zero-order valence-electron chi connectivity index (χ0n) is 9.02. The lowest BCUT2D eigenvalue weighted by molar-refractivity contribution is -0.147. The minimum absolute atomic E-state index is 0.0297. The quantitative estimate of drug-likeness (QED) is 0.400. The lowest BCUT2D eigenvalue weighted by Gasteiger charge is -2.05. The minimum atomic E-state index is -1.06. The summed E-state index contributed by atoms with van der Waals surface area (Å²) in [6.45, 7) is 0.0779. The number of halogens is 1. The molecular weight excluding hydrogens is 256 g/mol. The number of esters is 1. The fraction of sp³-hybridized carbons (Fsp3) is 0.667. The average Bonchev–Trinajstić information content (AvgIpc) is 2.26. The average molecular weight is 269 g/mol. The highest BCUT2D eigenvalue weighted by Crippen LogP contribution is 1.95. The van der Waals surface area contributed by atoms with E-state index in [2.05, 4.69) is 14.2 Å². The van der Waals surface area contributed by atoms with E-state index in [0.717, 1.165) is 0 Å². The van der Waals surface area contributed by atoms with Gasteiger partial charge in [-0.1, -0.05) is 11.6 Å². The van der Waals surface area contributed by atoms with Gasteiger partial charge in [0.1, 0.15) is 0 Å². The van der Waals surface area contributed by atoms with Gasteiger partial charge in [0.2, 0.25) is 0 Å². The molecule has 0 spiro atoms. The van der Waals surface area contributed by atoms with E-state index in [1.54, 1.807) is 0 Å². The highest BCUT2D eigenvalue weighted by Gasteiger charge is 2.06. The minimum Gasteiger partial charge on any atom is -0.481 e. The van der Waals surface area contributed by atoms with Gasteiger partial charge in [-0.05, 0) is 0 Å². The van der Waals surface area contributed by atoms with Crippen LogP contribution in [-0.2, 0) is 23.8 Å². The molecule has 0 aromatic carbocycles. The third kappa shape index (κ3) is 10.8. The number of rotatable bonds is 8. The molecule has 0 aromatic heterocycles. The van der Waals surface area contributed by atoms with Crippen molar-refractivity contribution in [3.63, 3.8) is 0 Å². The summed E-state index contributed by atoms with van der Waals surface area (Å²) in [6, 6.07) is -0.289. The van der Waals surface area contributed by atoms with Crippen molar-refractivity contribution in [2.45, 2.75) is 19.3 Å². The molecule has 8 heteroatoms. The fourth-order valence-corrected chi connectivity index (χ4v) is 0.857. The highest BCUT2D eigenvalue weighted by atomic mass is 35.5. The Morgan fingerprint density at radius 2 is 1.65 bits per heavy atom. The van der Waals surface area contributed by atoms with Crippen molar-refractivity contribution in [2.75, 3.05) is 19.3 Å². The van der Waals surface area contributed by atoms with Crippen LogP contribution in [0, 0.1) is 0 Å². The van der Waals surface area contributed by atoms with E-state index < -0.39 is 18.1 Å². The van der Waals surface area contributed by atoms with E-state index in [1.165, 1.54) is 0 Å². The molecule has 0 saturated heterocycles. The van der Waals surface area contributed by atoms with Gasteiger partial charge in [0.25, 0.3) is 0 Å². The van der Waals surface area contributed by atoms with Gasteiger partial charge in [0.05, 0.1) is 26.1 Å². The van der Waals surface area contributed by atoms with Crippen LogP contribution < -0.4 is 0 Å². The summed E-state index contributed by atoms with van der Waals surface area (Å²) in [5.74, 6) is -1.66. The van der Waals surface area contributed by atoms with Gasteiger partial charge in [0, 0.05) is 6.42 Å². The molecule has 0 rings (SSSR count). The first-order chi connectivity index (χ1) is 8.06. The highest BCUT2D eigenvalue weighted by molar-refractivity contribution is 6.17. The van der Waals surface area contributed by atoms with Crippen LogP contribution in [-0.4, -0.2) is 42.5 Å². The molecule has 0 aliphatic rings. The molecule has 0 atom stereocenters. The van der Waals surface area contributed by atoms with Gasteiger partial charge in [-0.15, -0.1) is 0 Å². The van der Waals surface area contributed by atoms with Crippen LogP contribution in [0.15, 0.2) is 0 Å². The molecule has 98 valence electrons. The number of hydrogen-bond donors (Lipinski definition) is 1. The van der Waals surface area contributed by atoms with Crippen molar-refractivity contribution in [1.82, 2.24) is 0 Å². The standard InChI is InChI=1S/C9H13ClO7/c10-6-17-9(14)16-5-1-4-15-8(13)3-2-7(11)12/h1-6H2,(H,11,12). The maximum atomic E-state index is 10.9. The van der Waals surface area contributed by atoms with Crippen LogP contribution in [0.4, 0.5) is 4.79 Å². The van der Waals surface area contributed by atoms with Gasteiger partial charge in [-0.2, -0.15) is 0 Å². The molecule has 7 nitrogen and oxygen atoms in total. The van der Waals surface area contributed by atoms with E-state index in [9.17, 15) is 14.4 Å². The van der Waals surface area contributed by atoms with Gasteiger partial charge in [0.15, 0.2) is 6.07 Å². The van der Waals surface area contributed by atoms with Crippen LogP contribution >= 0.6 is 11.6 Å². The molecule has 0 heterocycles. The summed E-state index contributed by atoms with van der Waals surface area (Å²) in [7, 11) is 0. The van der Waals surface area contributed by atoms with E-state index in [0.29, 0.717) is 6.42 Å². The number of carbonyl (C=O) groups excluding carboxylic acids is 2. The van der Waals surface area contributed by atoms with E-state index >= 15 is 0 Å². The first kappa shape index (κ1) is 15.5. The van der Waals surface area contributed by atoms with E-state index in [4.69, 9.17) is 16.7 Å². The van der Waals surface area contributed by atoms with Crippen LogP contribution in [0.5, 0.6) is 0 Å². The fourth-order valence-electron chi connectivity index (χ4n) is 0.768. The summed E-state index contributed by atoms with van der Waals surface area (Å²) >= 11 is 5.10. The molecule has 17 heavy (non-hydrogen) atoms. The summed E-state index contributed by atoms with van der Waals surface area (Å²) < 4.78 is 13.5. The molecule has 0 amide bonds. The molecule has 0 aliphatic carbocycles. The maximum Gasteiger partial charge on any atom is 0.509 e. The number of aliphatic carboxylic acids is 1. The Bertz CT molecular complexity index is 266. The van der Waals surface area contributed by atoms with Crippen LogP contribution in [0.2, 0.25) is 0 Å². The summed E-state index contributed by atoms with van der Waals surface area (Å²) in [4.78, 5) is 31.7. The zero-order valence-corrected chi connectivity index (χ0v) is 9.77. The Morgan fingerprint density at radius 1 is 1.00 bits per heavy atom. The Labute approximate surface area is 103 Å². The molecule has 0 fully saturated rings. The Balaban J connectivity index is 3.36. The summed E-state index contributed by atoms with van der Waals surface area (Å²) in [5.41, 5.74) is 0. The van der Waals surface area contributed by atoms with Crippen molar-refractivity contribution < 1.29 is 33.7 Å². The number of carboxylic acid groups (broad SMARTS) is 1. The second-order valence-electron chi connectivity index (χ2n) is 2.82. The van der Waals surface area contributed by atoms with Gasteiger partial charge >= 0.3 is 18.1 Å². The first-order valence-corrected chi connectivity index (χ1v) is 5.32. The molecule has 1 N–H and O–H groups in total. The maximum absolute atomic E-state index is 10.9. The largest absolute Gasteiger partial charge is 0.509 e. The topological polar surface area (TPSA) is 99.1 Å². The Morgan fingerprint density at radius 3 is 2.24 bits per heavy atom. The predicted octanol–water partition coefficient (Wildman–Crippen LogP) is 1.13. The van der Waals surface area contributed by atoms with Crippen molar-refractivity contribution >= 4 is 29.7 Å². The Kier molecular flexibility index (Phi) is 8.85. The van der Waals surface area contributed by atoms with Crippen LogP contribution in [0.1, 0.15) is 19.3 Å². The van der Waals surface area contributed by atoms with E-state index in [1.807, 2.05) is 0 Å². The smallest absolute Gasteiger partial charge is 0.481 e. The predicted molar refractivity (Wildman–Crippen MR) is 55.6 cm³/mol. The number of ether oxygens (including phenoxy) is 3. The van der Waals surface area contributed by atoms with Crippen molar-refractivity contribution in [3.05, 3.63) is 0 Å². The molecular formula is C9H13ClO7. The van der Waals surface area contributed by atoms with Gasteiger partial charge in [-0.25, -0.2) is 4.79 Å². The molecule has 0 saturated carbocycles. The second kappa shape index (κ2) is 9.71. The van der Waals surface area contributed by atoms with Crippen molar-refractivity contribution in [2.24, 2.45) is 0 Å². The van der Waals surface area contributed by atoms with Gasteiger partial charge < -0.3 is 19.3 Å². The normalized spacial score (nSPS) is 9.47. The molecule has 0 radical (unpaired) electrons. The van der Waals surface area contributed by atoms with Crippen LogP contribution in [0.25, 0.3) is 0 Å². The SMILES string of the molecule is O=C(O)CCC(=O)OCCCOC(=O)OCCl. The molecule has 0 bridgehead atoms. The van der Waals surface area contributed by atoms with Gasteiger partial charge in [-0.3, -0.25) is 9.59 Å². The molecule has 0 aliphatic heterocycles. The van der Waals surface area contributed by atoms with Crippen molar-refractivity contribution in [3.8, 4) is 0 Å². The lowest BCUT2D eigenvalue weighted by atomic mass is 10.3. The summed E-state index contributed by atoms with van der Waals surface area (Å²) in [5, 5.41) is 8.29. The number of alkyl halides is 1. The third-order valence-electron chi connectivity index (χ3n) is 1.49. The second-order valence-corrected chi connectivity index (χ2v) is 3.04. The number of carboxylic acids is 1. The van der Waals surface area contributed by atoms with E-state index in [-0.39, 0.29) is 32.1 Å². The zero-order chi connectivity index (χ0) is 13.1. The molecule has 0 unspecified atom stereocenters. The lowest BCUT2D eigenvalue weighted by Crippen LogP contribution is -2.12. The molecule has 0 aromatic rings. The third-order valence-corrected chi connectivity index (χ3v) is 1.60. The Hall–Kier alpha value is -1.50. The van der Waals surface area contributed by atoms with Crippen LogP contribution in [0.3, 0.4) is 0 Å². The summed E-state index contributed by atoms with van der Waals surface area (Å²) in [6.07, 6.45) is -1.03. The number of hydrogen-bond acceptors (Lipinski definition) is 6.